The summed E-state index contributed by atoms with van der Waals surface area (Å²) < 4.78 is 50.0. The number of fused-ring (bicyclic) bond motifs is 1. The summed E-state index contributed by atoms with van der Waals surface area (Å²) >= 11 is 0. The number of aromatic nitrogens is 2. The van der Waals surface area contributed by atoms with E-state index in [4.69, 9.17) is 4.74 Å². The summed E-state index contributed by atoms with van der Waals surface area (Å²) in [5, 5.41) is 5.98. The molecule has 9 heteroatoms. The minimum Gasteiger partial charge on any atom is -0.433 e. The molecule has 1 aliphatic carbocycles. The fourth-order valence-corrected chi connectivity index (χ4v) is 4.10. The monoisotopic (exact) mass is 453 g/mol. The Labute approximate surface area is 189 Å². The number of anilines is 3. The third kappa shape index (κ3) is 4.23. The van der Waals surface area contributed by atoms with Crippen LogP contribution in [0, 0.1) is 17.5 Å². The second-order valence-corrected chi connectivity index (χ2v) is 8.09. The van der Waals surface area contributed by atoms with Gasteiger partial charge < -0.3 is 20.3 Å². The van der Waals surface area contributed by atoms with Gasteiger partial charge in [-0.05, 0) is 43.2 Å². The third-order valence-corrected chi connectivity index (χ3v) is 5.73. The maximum Gasteiger partial charge on any atom is 0.261 e. The van der Waals surface area contributed by atoms with E-state index in [2.05, 4.69) is 20.6 Å². The van der Waals surface area contributed by atoms with E-state index in [0.717, 1.165) is 30.6 Å². The normalized spacial score (nSPS) is 15.3. The molecule has 2 aromatic carbocycles. The molecule has 6 nitrogen and oxygen atoms in total. The van der Waals surface area contributed by atoms with Gasteiger partial charge in [0.05, 0.1) is 5.69 Å². The molecule has 0 spiro atoms. The highest BCUT2D eigenvalue weighted by atomic mass is 19.1. The van der Waals surface area contributed by atoms with E-state index in [1.165, 1.54) is 12.1 Å². The minimum atomic E-state index is -0.907. The second-order valence-electron chi connectivity index (χ2n) is 8.09. The van der Waals surface area contributed by atoms with Gasteiger partial charge in [0, 0.05) is 37.4 Å². The molecule has 1 aliphatic heterocycles. The number of ether oxygens (including phenoxy) is 1. The van der Waals surface area contributed by atoms with Crippen LogP contribution in [0.3, 0.4) is 0 Å². The van der Waals surface area contributed by atoms with Crippen molar-refractivity contribution in [2.75, 3.05) is 36.4 Å². The number of allylic oxidation sites excluding steroid dienone is 1. The van der Waals surface area contributed by atoms with E-state index in [-0.39, 0.29) is 11.6 Å². The average molecular weight is 453 g/mol. The highest BCUT2D eigenvalue weighted by Crippen LogP contribution is 2.35. The molecule has 33 heavy (non-hydrogen) atoms. The highest BCUT2D eigenvalue weighted by Gasteiger charge is 2.21. The molecule has 2 N–H and O–H groups in total. The molecular weight excluding hydrogens is 431 g/mol. The molecule has 0 saturated carbocycles. The molecule has 0 atom stereocenters. The lowest BCUT2D eigenvalue weighted by atomic mass is 10.1. The second kappa shape index (κ2) is 8.74. The molecule has 1 fully saturated rings. The van der Waals surface area contributed by atoms with Crippen LogP contribution in [-0.2, 0) is 6.42 Å². The van der Waals surface area contributed by atoms with Gasteiger partial charge in [-0.1, -0.05) is 17.7 Å². The number of piperazine rings is 1. The molecule has 2 aliphatic rings. The largest absolute Gasteiger partial charge is 0.433 e. The summed E-state index contributed by atoms with van der Waals surface area (Å²) in [7, 11) is 0. The maximum atomic E-state index is 15.0. The van der Waals surface area contributed by atoms with Crippen molar-refractivity contribution in [3.63, 3.8) is 0 Å². The topological polar surface area (TPSA) is 62.3 Å². The molecule has 0 bridgehead atoms. The molecule has 0 unspecified atom stereocenters. The molecule has 0 radical (unpaired) electrons. The van der Waals surface area contributed by atoms with Crippen molar-refractivity contribution in [3.05, 3.63) is 70.8 Å². The first kappa shape index (κ1) is 21.3. The lowest BCUT2D eigenvalue weighted by molar-refractivity contribution is 0.397. The van der Waals surface area contributed by atoms with E-state index in [0.29, 0.717) is 36.4 Å². The first-order valence-corrected chi connectivity index (χ1v) is 10.7. The van der Waals surface area contributed by atoms with Crippen LogP contribution >= 0.6 is 0 Å². The van der Waals surface area contributed by atoms with Gasteiger partial charge in [0.25, 0.3) is 5.88 Å². The number of halogens is 3. The lowest BCUT2D eigenvalue weighted by Gasteiger charge is -2.29. The predicted octanol–water partition coefficient (Wildman–Crippen LogP) is 4.80. The van der Waals surface area contributed by atoms with Gasteiger partial charge in [-0.2, -0.15) is 9.37 Å². The quantitative estimate of drug-likeness (QED) is 0.579. The average Bonchev–Trinajstić information content (AvgIpc) is 3.20. The van der Waals surface area contributed by atoms with Crippen molar-refractivity contribution in [2.24, 2.45) is 0 Å². The zero-order valence-corrected chi connectivity index (χ0v) is 18.0. The summed E-state index contributed by atoms with van der Waals surface area (Å²) in [6.45, 7) is 4.91. The van der Waals surface area contributed by atoms with Crippen LogP contribution in [0.15, 0.2) is 42.2 Å². The van der Waals surface area contributed by atoms with Gasteiger partial charge in [0.1, 0.15) is 12.1 Å². The van der Waals surface area contributed by atoms with Crippen LogP contribution in [0.5, 0.6) is 11.6 Å². The summed E-state index contributed by atoms with van der Waals surface area (Å²) in [5.41, 5.74) is 3.15. The van der Waals surface area contributed by atoms with Crippen molar-refractivity contribution < 1.29 is 17.9 Å². The number of nitrogens with one attached hydrogen (secondary N) is 2. The van der Waals surface area contributed by atoms with Gasteiger partial charge in [-0.15, -0.1) is 0 Å². The van der Waals surface area contributed by atoms with Crippen LogP contribution in [0.4, 0.5) is 30.4 Å². The van der Waals surface area contributed by atoms with Gasteiger partial charge in [-0.3, -0.25) is 0 Å². The number of rotatable bonds is 5. The van der Waals surface area contributed by atoms with Gasteiger partial charge in [-0.25, -0.2) is 13.8 Å². The maximum absolute atomic E-state index is 15.0. The van der Waals surface area contributed by atoms with E-state index in [9.17, 15) is 8.78 Å². The first-order valence-electron chi connectivity index (χ1n) is 10.7. The summed E-state index contributed by atoms with van der Waals surface area (Å²) in [6, 6.07) is 7.79. The lowest BCUT2D eigenvalue weighted by Crippen LogP contribution is -2.43. The van der Waals surface area contributed by atoms with Gasteiger partial charge >= 0.3 is 0 Å². The Hall–Kier alpha value is -3.59. The predicted molar refractivity (Wildman–Crippen MR) is 121 cm³/mol. The van der Waals surface area contributed by atoms with Gasteiger partial charge in [0.2, 0.25) is 5.82 Å². The Balaban J connectivity index is 1.36. The fraction of sp³-hybridized carbons (Fsp3) is 0.250. The van der Waals surface area contributed by atoms with Crippen LogP contribution in [0.25, 0.3) is 6.08 Å². The van der Waals surface area contributed by atoms with Crippen molar-refractivity contribution >= 4 is 23.3 Å². The molecule has 3 aromatic rings. The van der Waals surface area contributed by atoms with Crippen molar-refractivity contribution in [3.8, 4) is 11.6 Å². The van der Waals surface area contributed by atoms with Crippen molar-refractivity contribution in [1.82, 2.24) is 15.3 Å². The molecular formula is C24H22F3N5O. The van der Waals surface area contributed by atoms with Crippen molar-refractivity contribution in [1.29, 1.82) is 0 Å². The molecule has 1 aromatic heterocycles. The Morgan fingerprint density at radius 1 is 1.03 bits per heavy atom. The summed E-state index contributed by atoms with van der Waals surface area (Å²) in [5.74, 6) is -2.65. The Morgan fingerprint density at radius 3 is 2.64 bits per heavy atom. The van der Waals surface area contributed by atoms with E-state index < -0.39 is 23.3 Å². The Bertz CT molecular complexity index is 1240. The smallest absolute Gasteiger partial charge is 0.261 e. The SMILES string of the molecule is CC1=Cc2c(ccc(Oc3ncnc(Nc4ccc(N5CCNCC5)c(F)c4)c3F)c2F)C1. The number of hydrogen-bond acceptors (Lipinski definition) is 6. The van der Waals surface area contributed by atoms with Crippen LogP contribution in [0.1, 0.15) is 18.1 Å². The highest BCUT2D eigenvalue weighted by molar-refractivity contribution is 5.66. The first-order chi connectivity index (χ1) is 16.0. The zero-order valence-electron chi connectivity index (χ0n) is 18.0. The number of nitrogens with zero attached hydrogens (tertiary/aromatic N) is 3. The Morgan fingerprint density at radius 2 is 1.85 bits per heavy atom. The van der Waals surface area contributed by atoms with Gasteiger partial charge in [0.15, 0.2) is 17.4 Å². The van der Waals surface area contributed by atoms with Crippen LogP contribution < -0.4 is 20.3 Å². The summed E-state index contributed by atoms with van der Waals surface area (Å²) in [4.78, 5) is 9.64. The standard InChI is InChI=1S/C24H22F3N5O/c1-14-10-15-2-5-20(21(26)17(15)11-14)33-24-22(27)23(29-13-30-24)31-16-3-4-19(18(25)12-16)32-8-6-28-7-9-32/h2-5,11-13,28H,6-10H2,1H3,(H,29,30,31). The van der Waals surface area contributed by atoms with E-state index in [1.807, 2.05) is 11.8 Å². The van der Waals surface area contributed by atoms with E-state index in [1.54, 1.807) is 24.3 Å². The number of benzene rings is 2. The Kier molecular flexibility index (Phi) is 5.63. The van der Waals surface area contributed by atoms with E-state index >= 15 is 4.39 Å². The molecule has 1 saturated heterocycles. The third-order valence-electron chi connectivity index (χ3n) is 5.73. The minimum absolute atomic E-state index is 0.130. The van der Waals surface area contributed by atoms with Crippen LogP contribution in [0.2, 0.25) is 0 Å². The molecule has 5 rings (SSSR count). The molecule has 2 heterocycles. The number of hydrogen-bond donors (Lipinski definition) is 2. The molecule has 0 amide bonds. The summed E-state index contributed by atoms with van der Waals surface area (Å²) in [6.07, 6.45) is 3.52. The fourth-order valence-electron chi connectivity index (χ4n) is 4.10. The zero-order chi connectivity index (χ0) is 22.9. The molecule has 170 valence electrons. The van der Waals surface area contributed by atoms with Crippen LogP contribution in [-0.4, -0.2) is 36.1 Å². The van der Waals surface area contributed by atoms with Crippen molar-refractivity contribution in [2.45, 2.75) is 13.3 Å².